The van der Waals surface area contributed by atoms with E-state index in [0.29, 0.717) is 6.54 Å². The van der Waals surface area contributed by atoms with Crippen LogP contribution in [0.5, 0.6) is 0 Å². The molecular formula is C18H28N2O. The maximum atomic E-state index is 6.29. The number of nitrogens with two attached hydrogens (primary N) is 1. The van der Waals surface area contributed by atoms with Crippen LogP contribution in [0.4, 0.5) is 0 Å². The second-order valence-corrected chi connectivity index (χ2v) is 6.68. The second-order valence-electron chi connectivity index (χ2n) is 6.68. The normalized spacial score (nSPS) is 26.8. The van der Waals surface area contributed by atoms with E-state index in [2.05, 4.69) is 36.2 Å². The molecule has 0 bridgehead atoms. The van der Waals surface area contributed by atoms with Crippen molar-refractivity contribution in [2.24, 2.45) is 11.7 Å². The molecule has 1 atom stereocenters. The van der Waals surface area contributed by atoms with E-state index < -0.39 is 0 Å². The van der Waals surface area contributed by atoms with Gasteiger partial charge >= 0.3 is 0 Å². The van der Waals surface area contributed by atoms with Gasteiger partial charge in [0.2, 0.25) is 0 Å². The number of ether oxygens (including phenoxy) is 1. The molecule has 2 N–H and O–H groups in total. The van der Waals surface area contributed by atoms with Crippen molar-refractivity contribution in [2.45, 2.75) is 37.6 Å². The topological polar surface area (TPSA) is 38.5 Å². The molecule has 2 aliphatic rings. The first-order valence-corrected chi connectivity index (χ1v) is 8.34. The van der Waals surface area contributed by atoms with E-state index in [1.807, 2.05) is 0 Å². The lowest BCUT2D eigenvalue weighted by Crippen LogP contribution is -2.53. The van der Waals surface area contributed by atoms with Gasteiger partial charge in [-0.2, -0.15) is 0 Å². The third-order valence-corrected chi connectivity index (χ3v) is 5.50. The summed E-state index contributed by atoms with van der Waals surface area (Å²) in [5.74, 6) is 0.751. The Labute approximate surface area is 128 Å². The Balaban J connectivity index is 1.83. The molecule has 1 aliphatic heterocycles. The molecule has 3 rings (SSSR count). The third-order valence-electron chi connectivity index (χ3n) is 5.50. The van der Waals surface area contributed by atoms with E-state index in [9.17, 15) is 0 Å². The monoisotopic (exact) mass is 288 g/mol. The van der Waals surface area contributed by atoms with Gasteiger partial charge in [-0.25, -0.2) is 0 Å². The lowest BCUT2D eigenvalue weighted by atomic mass is 9.75. The SMILES string of the molecule is CN(CC1CCOCC1)C1(CN)CCCc2ccccc21. The van der Waals surface area contributed by atoms with Crippen LogP contribution >= 0.6 is 0 Å². The number of benzene rings is 1. The highest BCUT2D eigenvalue weighted by Crippen LogP contribution is 2.39. The quantitative estimate of drug-likeness (QED) is 0.925. The van der Waals surface area contributed by atoms with Crippen molar-refractivity contribution in [3.63, 3.8) is 0 Å². The standard InChI is InChI=1S/C18H28N2O/c1-20(13-15-8-11-21-12-9-15)18(14-19)10-4-6-16-5-2-3-7-17(16)18/h2-3,5,7,15H,4,6,8-14,19H2,1H3. The van der Waals surface area contributed by atoms with E-state index >= 15 is 0 Å². The number of hydrogen-bond acceptors (Lipinski definition) is 3. The number of aryl methyl sites for hydroxylation is 1. The Morgan fingerprint density at radius 3 is 2.81 bits per heavy atom. The Hall–Kier alpha value is -0.900. The van der Waals surface area contributed by atoms with Crippen molar-refractivity contribution in [1.82, 2.24) is 4.90 Å². The molecule has 0 radical (unpaired) electrons. The highest BCUT2D eigenvalue weighted by atomic mass is 16.5. The number of nitrogens with zero attached hydrogens (tertiary/aromatic N) is 1. The molecule has 0 aromatic heterocycles. The summed E-state index contributed by atoms with van der Waals surface area (Å²) < 4.78 is 5.49. The Kier molecular flexibility index (Phi) is 4.63. The van der Waals surface area contributed by atoms with Crippen molar-refractivity contribution < 1.29 is 4.74 Å². The van der Waals surface area contributed by atoms with Crippen molar-refractivity contribution >= 4 is 0 Å². The lowest BCUT2D eigenvalue weighted by molar-refractivity contribution is 0.0279. The number of likely N-dealkylation sites (N-methyl/N-ethyl adjacent to an activating group) is 1. The fourth-order valence-corrected chi connectivity index (χ4v) is 4.15. The minimum atomic E-state index is 0.0349. The Morgan fingerprint density at radius 2 is 2.05 bits per heavy atom. The highest BCUT2D eigenvalue weighted by Gasteiger charge is 2.39. The van der Waals surface area contributed by atoms with Crippen molar-refractivity contribution in [1.29, 1.82) is 0 Å². The van der Waals surface area contributed by atoms with Gasteiger partial charge in [-0.15, -0.1) is 0 Å². The predicted octanol–water partition coefficient (Wildman–Crippen LogP) is 2.54. The fourth-order valence-electron chi connectivity index (χ4n) is 4.15. The van der Waals surface area contributed by atoms with Gasteiger partial charge < -0.3 is 10.5 Å². The third kappa shape index (κ3) is 2.87. The van der Waals surface area contributed by atoms with Crippen LogP contribution in [0.25, 0.3) is 0 Å². The summed E-state index contributed by atoms with van der Waals surface area (Å²) in [5.41, 5.74) is 9.29. The van der Waals surface area contributed by atoms with Crippen LogP contribution in [0.3, 0.4) is 0 Å². The fraction of sp³-hybridized carbons (Fsp3) is 0.667. The number of hydrogen-bond donors (Lipinski definition) is 1. The highest BCUT2D eigenvalue weighted by molar-refractivity contribution is 5.36. The first kappa shape index (κ1) is 15.0. The zero-order valence-corrected chi connectivity index (χ0v) is 13.2. The molecule has 0 amide bonds. The molecule has 1 saturated heterocycles. The van der Waals surface area contributed by atoms with Crippen LogP contribution < -0.4 is 5.73 Å². The van der Waals surface area contributed by atoms with E-state index in [1.165, 1.54) is 43.2 Å². The maximum absolute atomic E-state index is 6.29. The van der Waals surface area contributed by atoms with Crippen LogP contribution in [0.15, 0.2) is 24.3 Å². The molecule has 116 valence electrons. The summed E-state index contributed by atoms with van der Waals surface area (Å²) in [6.07, 6.45) is 5.99. The van der Waals surface area contributed by atoms with Gasteiger partial charge in [-0.1, -0.05) is 24.3 Å². The molecule has 0 saturated carbocycles. The van der Waals surface area contributed by atoms with Gasteiger partial charge in [-0.05, 0) is 56.2 Å². The van der Waals surface area contributed by atoms with Crippen LogP contribution in [0, 0.1) is 5.92 Å². The Bertz CT molecular complexity index is 470. The molecule has 1 unspecified atom stereocenters. The van der Waals surface area contributed by atoms with Crippen LogP contribution in [0.1, 0.15) is 36.8 Å². The molecule has 21 heavy (non-hydrogen) atoms. The van der Waals surface area contributed by atoms with E-state index in [-0.39, 0.29) is 5.54 Å². The van der Waals surface area contributed by atoms with Gasteiger partial charge in [0.1, 0.15) is 0 Å². The molecule has 3 heteroatoms. The first-order valence-electron chi connectivity index (χ1n) is 8.34. The summed E-state index contributed by atoms with van der Waals surface area (Å²) in [4.78, 5) is 2.54. The Morgan fingerprint density at radius 1 is 1.29 bits per heavy atom. The van der Waals surface area contributed by atoms with Gasteiger partial charge in [0.25, 0.3) is 0 Å². The summed E-state index contributed by atoms with van der Waals surface area (Å²) in [6.45, 7) is 3.69. The second kappa shape index (κ2) is 6.47. The molecule has 1 aromatic rings. The average Bonchev–Trinajstić information content (AvgIpc) is 2.55. The van der Waals surface area contributed by atoms with Crippen LogP contribution in [-0.4, -0.2) is 38.3 Å². The average molecular weight is 288 g/mol. The van der Waals surface area contributed by atoms with Gasteiger partial charge in [-0.3, -0.25) is 4.90 Å². The van der Waals surface area contributed by atoms with Gasteiger partial charge in [0.15, 0.2) is 0 Å². The van der Waals surface area contributed by atoms with Gasteiger partial charge in [0.05, 0.1) is 5.54 Å². The van der Waals surface area contributed by atoms with Crippen molar-refractivity contribution in [3.8, 4) is 0 Å². The van der Waals surface area contributed by atoms with E-state index in [4.69, 9.17) is 10.5 Å². The molecular weight excluding hydrogens is 260 g/mol. The maximum Gasteiger partial charge on any atom is 0.0584 e. The zero-order valence-electron chi connectivity index (χ0n) is 13.2. The molecule has 1 fully saturated rings. The molecule has 1 aromatic carbocycles. The summed E-state index contributed by atoms with van der Waals surface area (Å²) >= 11 is 0. The molecule has 1 heterocycles. The zero-order chi connectivity index (χ0) is 14.7. The van der Waals surface area contributed by atoms with Crippen LogP contribution in [0.2, 0.25) is 0 Å². The van der Waals surface area contributed by atoms with Gasteiger partial charge in [0, 0.05) is 26.3 Å². The number of fused-ring (bicyclic) bond motifs is 1. The first-order chi connectivity index (χ1) is 10.3. The minimum Gasteiger partial charge on any atom is -0.381 e. The number of rotatable bonds is 4. The van der Waals surface area contributed by atoms with E-state index in [0.717, 1.165) is 25.7 Å². The van der Waals surface area contributed by atoms with E-state index in [1.54, 1.807) is 0 Å². The summed E-state index contributed by atoms with van der Waals surface area (Å²) in [5, 5.41) is 0. The van der Waals surface area contributed by atoms with Crippen molar-refractivity contribution in [3.05, 3.63) is 35.4 Å². The summed E-state index contributed by atoms with van der Waals surface area (Å²) in [7, 11) is 2.27. The molecule has 3 nitrogen and oxygen atoms in total. The smallest absolute Gasteiger partial charge is 0.0584 e. The van der Waals surface area contributed by atoms with Crippen LogP contribution in [-0.2, 0) is 16.7 Å². The van der Waals surface area contributed by atoms with Crippen molar-refractivity contribution in [2.75, 3.05) is 33.4 Å². The summed E-state index contributed by atoms with van der Waals surface area (Å²) in [6, 6.07) is 8.89. The minimum absolute atomic E-state index is 0.0349. The molecule has 0 spiro atoms. The lowest BCUT2D eigenvalue weighted by Gasteiger charge is -2.47. The molecule has 1 aliphatic carbocycles. The predicted molar refractivity (Wildman–Crippen MR) is 86.3 cm³/mol. The largest absolute Gasteiger partial charge is 0.381 e.